The molecule has 0 spiro atoms. The molecular formula is C14H26N2O3. The zero-order chi connectivity index (χ0) is 14.8. The number of carbonyl (C=O) groups excluding carboxylic acids is 1. The fourth-order valence-corrected chi connectivity index (χ4v) is 2.18. The molecule has 0 radical (unpaired) electrons. The average Bonchev–Trinajstić information content (AvgIpc) is 2.81. The van der Waals surface area contributed by atoms with Crippen LogP contribution in [0.2, 0.25) is 0 Å². The minimum atomic E-state index is -0.884. The molecule has 1 unspecified atom stereocenters. The molecule has 1 aliphatic carbocycles. The molecule has 0 aromatic heterocycles. The van der Waals surface area contributed by atoms with Crippen molar-refractivity contribution in [1.82, 2.24) is 10.2 Å². The van der Waals surface area contributed by atoms with Gasteiger partial charge in [-0.25, -0.2) is 4.79 Å². The second kappa shape index (κ2) is 5.39. The number of amides is 2. The lowest BCUT2D eigenvalue weighted by Gasteiger charge is -2.35. The maximum atomic E-state index is 12.2. The quantitative estimate of drug-likeness (QED) is 0.805. The van der Waals surface area contributed by atoms with Gasteiger partial charge in [-0.05, 0) is 38.5 Å². The molecule has 0 aliphatic heterocycles. The van der Waals surface area contributed by atoms with Gasteiger partial charge in [0.2, 0.25) is 0 Å². The standard InChI is InChI=1S/C14H26N2O3/c1-13(2,3)16(7-6-11(17)18)12(19)15-9-10-8-14(10,4)5/h10H,6-9H2,1-5H3,(H,15,19)(H,17,18). The molecular weight excluding hydrogens is 244 g/mol. The largest absolute Gasteiger partial charge is 0.481 e. The van der Waals surface area contributed by atoms with Crippen LogP contribution in [0, 0.1) is 11.3 Å². The van der Waals surface area contributed by atoms with Crippen molar-refractivity contribution in [3.05, 3.63) is 0 Å². The minimum Gasteiger partial charge on any atom is -0.481 e. The van der Waals surface area contributed by atoms with Crippen LogP contribution in [-0.4, -0.2) is 40.6 Å². The van der Waals surface area contributed by atoms with E-state index in [1.807, 2.05) is 20.8 Å². The van der Waals surface area contributed by atoms with Crippen molar-refractivity contribution < 1.29 is 14.7 Å². The van der Waals surface area contributed by atoms with Gasteiger partial charge in [0.05, 0.1) is 6.42 Å². The van der Waals surface area contributed by atoms with Crippen molar-refractivity contribution in [3.63, 3.8) is 0 Å². The molecule has 1 fully saturated rings. The molecule has 0 saturated heterocycles. The fourth-order valence-electron chi connectivity index (χ4n) is 2.18. The van der Waals surface area contributed by atoms with Gasteiger partial charge >= 0.3 is 12.0 Å². The molecule has 0 heterocycles. The van der Waals surface area contributed by atoms with Gasteiger partial charge < -0.3 is 15.3 Å². The molecule has 0 aromatic rings. The number of hydrogen-bond donors (Lipinski definition) is 2. The highest BCUT2D eigenvalue weighted by Gasteiger charge is 2.45. The number of nitrogens with one attached hydrogen (secondary N) is 1. The summed E-state index contributed by atoms with van der Waals surface area (Å²) < 4.78 is 0. The van der Waals surface area contributed by atoms with Crippen molar-refractivity contribution >= 4 is 12.0 Å². The third-order valence-electron chi connectivity index (χ3n) is 3.82. The molecule has 1 rings (SSSR count). The lowest BCUT2D eigenvalue weighted by Crippen LogP contribution is -2.51. The zero-order valence-electron chi connectivity index (χ0n) is 12.6. The molecule has 2 amide bonds. The Morgan fingerprint density at radius 3 is 2.26 bits per heavy atom. The molecule has 1 saturated carbocycles. The summed E-state index contributed by atoms with van der Waals surface area (Å²) in [6.07, 6.45) is 1.11. The summed E-state index contributed by atoms with van der Waals surface area (Å²) in [5.74, 6) is -0.344. The number of aliphatic carboxylic acids is 1. The van der Waals surface area contributed by atoms with Crippen LogP contribution in [0.4, 0.5) is 4.79 Å². The van der Waals surface area contributed by atoms with E-state index in [2.05, 4.69) is 19.2 Å². The Hall–Kier alpha value is -1.26. The normalized spacial score (nSPS) is 20.8. The summed E-state index contributed by atoms with van der Waals surface area (Å²) in [5, 5.41) is 11.7. The van der Waals surface area contributed by atoms with E-state index in [0.29, 0.717) is 17.9 Å². The average molecular weight is 270 g/mol. The second-order valence-electron chi connectivity index (χ2n) is 7.04. The summed E-state index contributed by atoms with van der Waals surface area (Å²) in [6, 6.07) is -0.170. The number of urea groups is 1. The Labute approximate surface area is 115 Å². The second-order valence-corrected chi connectivity index (χ2v) is 7.04. The summed E-state index contributed by atoms with van der Waals surface area (Å²) >= 11 is 0. The van der Waals surface area contributed by atoms with Crippen LogP contribution >= 0.6 is 0 Å². The maximum Gasteiger partial charge on any atom is 0.317 e. The van der Waals surface area contributed by atoms with Crippen molar-refractivity contribution in [2.24, 2.45) is 11.3 Å². The summed E-state index contributed by atoms with van der Waals surface area (Å²) in [5.41, 5.74) is -0.0422. The first-order valence-electron chi connectivity index (χ1n) is 6.81. The summed E-state index contributed by atoms with van der Waals surface area (Å²) in [4.78, 5) is 24.4. The highest BCUT2D eigenvalue weighted by Crippen LogP contribution is 2.50. The highest BCUT2D eigenvalue weighted by molar-refractivity contribution is 5.76. The van der Waals surface area contributed by atoms with Crippen LogP contribution in [0.15, 0.2) is 0 Å². The van der Waals surface area contributed by atoms with Gasteiger partial charge in [-0.3, -0.25) is 4.79 Å². The number of rotatable bonds is 5. The smallest absolute Gasteiger partial charge is 0.317 e. The van der Waals surface area contributed by atoms with Gasteiger partial charge in [0, 0.05) is 18.6 Å². The van der Waals surface area contributed by atoms with Crippen LogP contribution in [-0.2, 0) is 4.79 Å². The van der Waals surface area contributed by atoms with Crippen LogP contribution in [0.25, 0.3) is 0 Å². The van der Waals surface area contributed by atoms with Crippen LogP contribution in [0.5, 0.6) is 0 Å². The predicted molar refractivity (Wildman–Crippen MR) is 74.0 cm³/mol. The third kappa shape index (κ3) is 4.73. The first-order chi connectivity index (χ1) is 8.54. The van der Waals surface area contributed by atoms with E-state index in [4.69, 9.17) is 5.11 Å². The van der Waals surface area contributed by atoms with Crippen molar-refractivity contribution in [2.75, 3.05) is 13.1 Å². The van der Waals surface area contributed by atoms with Crippen LogP contribution < -0.4 is 5.32 Å². The van der Waals surface area contributed by atoms with E-state index in [0.717, 1.165) is 6.42 Å². The van der Waals surface area contributed by atoms with E-state index in [9.17, 15) is 9.59 Å². The Morgan fingerprint density at radius 1 is 1.37 bits per heavy atom. The number of carboxylic acids is 1. The Balaban J connectivity index is 2.49. The Bertz CT molecular complexity index is 358. The molecule has 110 valence electrons. The minimum absolute atomic E-state index is 0.0282. The zero-order valence-corrected chi connectivity index (χ0v) is 12.6. The lowest BCUT2D eigenvalue weighted by atomic mass is 10.1. The highest BCUT2D eigenvalue weighted by atomic mass is 16.4. The van der Waals surface area contributed by atoms with E-state index in [1.54, 1.807) is 4.90 Å². The van der Waals surface area contributed by atoms with Crippen molar-refractivity contribution in [3.8, 4) is 0 Å². The Morgan fingerprint density at radius 2 is 1.89 bits per heavy atom. The van der Waals surface area contributed by atoms with Gasteiger partial charge in [-0.15, -0.1) is 0 Å². The van der Waals surface area contributed by atoms with Crippen molar-refractivity contribution in [1.29, 1.82) is 0 Å². The number of carboxylic acid groups (broad SMARTS) is 1. The molecule has 1 atom stereocenters. The SMILES string of the molecule is CC1(C)CC1CNC(=O)N(CCC(=O)O)C(C)(C)C. The summed E-state index contributed by atoms with van der Waals surface area (Å²) in [7, 11) is 0. The van der Waals surface area contributed by atoms with Gasteiger partial charge in [-0.2, -0.15) is 0 Å². The number of nitrogens with zero attached hydrogens (tertiary/aromatic N) is 1. The first-order valence-corrected chi connectivity index (χ1v) is 6.81. The molecule has 5 nitrogen and oxygen atoms in total. The van der Waals surface area contributed by atoms with E-state index < -0.39 is 5.97 Å². The van der Waals surface area contributed by atoms with Crippen molar-refractivity contribution in [2.45, 2.75) is 53.0 Å². The topological polar surface area (TPSA) is 69.6 Å². The lowest BCUT2D eigenvalue weighted by molar-refractivity contribution is -0.137. The van der Waals surface area contributed by atoms with E-state index in [-0.39, 0.29) is 24.5 Å². The number of hydrogen-bond acceptors (Lipinski definition) is 2. The van der Waals surface area contributed by atoms with Crippen LogP contribution in [0.1, 0.15) is 47.5 Å². The molecule has 0 aromatic carbocycles. The third-order valence-corrected chi connectivity index (χ3v) is 3.82. The van der Waals surface area contributed by atoms with E-state index >= 15 is 0 Å². The Kier molecular flexibility index (Phi) is 4.48. The molecule has 2 N–H and O–H groups in total. The molecule has 1 aliphatic rings. The van der Waals surface area contributed by atoms with Gasteiger partial charge in [0.15, 0.2) is 0 Å². The molecule has 5 heteroatoms. The van der Waals surface area contributed by atoms with E-state index in [1.165, 1.54) is 0 Å². The monoisotopic (exact) mass is 270 g/mol. The van der Waals surface area contributed by atoms with Gasteiger partial charge in [-0.1, -0.05) is 13.8 Å². The fraction of sp³-hybridized carbons (Fsp3) is 0.857. The van der Waals surface area contributed by atoms with Gasteiger partial charge in [0.1, 0.15) is 0 Å². The molecule has 19 heavy (non-hydrogen) atoms. The maximum absolute atomic E-state index is 12.2. The predicted octanol–water partition coefficient (Wildman–Crippen LogP) is 2.32. The van der Waals surface area contributed by atoms with Gasteiger partial charge in [0.25, 0.3) is 0 Å². The number of carbonyl (C=O) groups is 2. The first kappa shape index (κ1) is 15.8. The summed E-state index contributed by atoms with van der Waals surface area (Å²) in [6.45, 7) is 11.0. The molecule has 0 bridgehead atoms. The van der Waals surface area contributed by atoms with Crippen LogP contribution in [0.3, 0.4) is 0 Å².